The second-order valence-electron chi connectivity index (χ2n) is 5.84. The molecule has 0 aromatic heterocycles. The first kappa shape index (κ1) is 15.2. The van der Waals surface area contributed by atoms with E-state index < -0.39 is 0 Å². The van der Waals surface area contributed by atoms with Crippen molar-refractivity contribution in [2.45, 2.75) is 38.6 Å². The van der Waals surface area contributed by atoms with Crippen LogP contribution in [0, 0.1) is 0 Å². The maximum atomic E-state index is 8.79. The molecule has 3 nitrogen and oxygen atoms in total. The summed E-state index contributed by atoms with van der Waals surface area (Å²) in [6, 6.07) is 8.62. The van der Waals surface area contributed by atoms with Crippen molar-refractivity contribution in [3.05, 3.63) is 35.4 Å². The molecular formula is C15H26N2O. The zero-order valence-electron chi connectivity index (χ0n) is 11.7. The highest BCUT2D eigenvalue weighted by molar-refractivity contribution is 5.27. The Labute approximate surface area is 110 Å². The minimum atomic E-state index is -0.159. The van der Waals surface area contributed by atoms with E-state index >= 15 is 0 Å². The van der Waals surface area contributed by atoms with Crippen LogP contribution < -0.4 is 11.1 Å². The van der Waals surface area contributed by atoms with Crippen molar-refractivity contribution < 1.29 is 5.11 Å². The minimum Gasteiger partial charge on any atom is -0.395 e. The molecule has 0 aliphatic rings. The van der Waals surface area contributed by atoms with Crippen molar-refractivity contribution in [3.8, 4) is 0 Å². The fourth-order valence-corrected chi connectivity index (χ4v) is 1.76. The Balaban J connectivity index is 2.36. The van der Waals surface area contributed by atoms with E-state index in [1.54, 1.807) is 0 Å². The molecule has 1 atom stereocenters. The zero-order valence-corrected chi connectivity index (χ0v) is 11.7. The maximum absolute atomic E-state index is 8.79. The van der Waals surface area contributed by atoms with Gasteiger partial charge in [-0.05, 0) is 29.5 Å². The third kappa shape index (κ3) is 5.17. The van der Waals surface area contributed by atoms with Crippen LogP contribution >= 0.6 is 0 Å². The van der Waals surface area contributed by atoms with Crippen molar-refractivity contribution in [2.24, 2.45) is 5.73 Å². The second-order valence-corrected chi connectivity index (χ2v) is 5.84. The fraction of sp³-hybridized carbons (Fsp3) is 0.600. The predicted octanol–water partition coefficient (Wildman–Crippen LogP) is 1.44. The van der Waals surface area contributed by atoms with Gasteiger partial charge in [0.05, 0.1) is 6.61 Å². The average molecular weight is 250 g/mol. The first-order chi connectivity index (χ1) is 8.43. The molecule has 0 saturated heterocycles. The van der Waals surface area contributed by atoms with Gasteiger partial charge in [-0.2, -0.15) is 0 Å². The van der Waals surface area contributed by atoms with Crippen LogP contribution in [0.2, 0.25) is 0 Å². The number of nitrogens with one attached hydrogen (secondary N) is 1. The van der Waals surface area contributed by atoms with Gasteiger partial charge >= 0.3 is 0 Å². The minimum absolute atomic E-state index is 0.0350. The fourth-order valence-electron chi connectivity index (χ4n) is 1.76. The monoisotopic (exact) mass is 250 g/mol. The van der Waals surface area contributed by atoms with Gasteiger partial charge in [0.15, 0.2) is 0 Å². The first-order valence-electron chi connectivity index (χ1n) is 6.60. The molecule has 0 amide bonds. The number of benzene rings is 1. The lowest BCUT2D eigenvalue weighted by atomic mass is 9.86. The molecule has 18 heavy (non-hydrogen) atoms. The zero-order chi connectivity index (χ0) is 13.6. The van der Waals surface area contributed by atoms with Gasteiger partial charge in [0.1, 0.15) is 0 Å². The van der Waals surface area contributed by atoms with Gasteiger partial charge < -0.3 is 16.2 Å². The Morgan fingerprint density at radius 2 is 1.83 bits per heavy atom. The van der Waals surface area contributed by atoms with Crippen molar-refractivity contribution in [3.63, 3.8) is 0 Å². The van der Waals surface area contributed by atoms with Crippen LogP contribution in [0.4, 0.5) is 0 Å². The molecule has 0 heterocycles. The third-order valence-electron chi connectivity index (χ3n) is 3.05. The summed E-state index contributed by atoms with van der Waals surface area (Å²) in [7, 11) is 0. The van der Waals surface area contributed by atoms with Crippen molar-refractivity contribution in [1.82, 2.24) is 5.32 Å². The van der Waals surface area contributed by atoms with E-state index in [-0.39, 0.29) is 18.1 Å². The van der Waals surface area contributed by atoms with Crippen LogP contribution in [0.15, 0.2) is 24.3 Å². The molecule has 1 aromatic carbocycles. The Morgan fingerprint density at radius 1 is 1.22 bits per heavy atom. The summed E-state index contributed by atoms with van der Waals surface area (Å²) >= 11 is 0. The Hall–Kier alpha value is -0.900. The van der Waals surface area contributed by atoms with E-state index in [0.29, 0.717) is 6.54 Å². The Bertz CT molecular complexity index is 341. The van der Waals surface area contributed by atoms with Gasteiger partial charge in [-0.1, -0.05) is 45.0 Å². The summed E-state index contributed by atoms with van der Waals surface area (Å²) in [5, 5.41) is 12.0. The van der Waals surface area contributed by atoms with E-state index in [1.807, 2.05) is 0 Å². The van der Waals surface area contributed by atoms with Crippen molar-refractivity contribution >= 4 is 0 Å². The van der Waals surface area contributed by atoms with E-state index in [2.05, 4.69) is 50.4 Å². The number of nitrogens with two attached hydrogens (primary N) is 1. The molecule has 0 saturated carbocycles. The lowest BCUT2D eigenvalue weighted by Gasteiger charge is -2.19. The topological polar surface area (TPSA) is 58.3 Å². The largest absolute Gasteiger partial charge is 0.395 e. The van der Waals surface area contributed by atoms with Gasteiger partial charge in [0.2, 0.25) is 0 Å². The Kier molecular flexibility index (Phi) is 5.79. The molecule has 1 unspecified atom stereocenters. The summed E-state index contributed by atoms with van der Waals surface area (Å²) in [4.78, 5) is 0. The number of aliphatic hydroxyl groups is 1. The molecule has 4 N–H and O–H groups in total. The van der Waals surface area contributed by atoms with Crippen LogP contribution in [0.25, 0.3) is 0 Å². The molecule has 0 aliphatic carbocycles. The van der Waals surface area contributed by atoms with Crippen LogP contribution in [-0.2, 0) is 11.8 Å². The van der Waals surface area contributed by atoms with Gasteiger partial charge in [0, 0.05) is 12.6 Å². The van der Waals surface area contributed by atoms with Crippen molar-refractivity contribution in [1.29, 1.82) is 0 Å². The first-order valence-corrected chi connectivity index (χ1v) is 6.60. The number of rotatable bonds is 6. The third-order valence-corrected chi connectivity index (χ3v) is 3.05. The van der Waals surface area contributed by atoms with Gasteiger partial charge in [0.25, 0.3) is 0 Å². The summed E-state index contributed by atoms with van der Waals surface area (Å²) in [6.45, 7) is 8.26. The smallest absolute Gasteiger partial charge is 0.0594 e. The highest BCUT2D eigenvalue weighted by Crippen LogP contribution is 2.22. The van der Waals surface area contributed by atoms with E-state index in [0.717, 1.165) is 13.0 Å². The molecule has 102 valence electrons. The predicted molar refractivity (Wildman–Crippen MR) is 76.8 cm³/mol. The summed E-state index contributed by atoms with van der Waals surface area (Å²) in [5.41, 5.74) is 8.51. The van der Waals surface area contributed by atoms with Gasteiger partial charge in [-0.15, -0.1) is 0 Å². The standard InChI is InChI=1S/C15H26N2O/c1-15(2,3)13-6-4-12(5-7-13)8-9-17-10-14(16)11-18/h4-7,14,17-18H,8-11,16H2,1-3H3. The molecular weight excluding hydrogens is 224 g/mol. The van der Waals surface area contributed by atoms with Crippen LogP contribution in [0.3, 0.4) is 0 Å². The highest BCUT2D eigenvalue weighted by Gasteiger charge is 2.12. The van der Waals surface area contributed by atoms with Crippen LogP contribution in [0.5, 0.6) is 0 Å². The van der Waals surface area contributed by atoms with Crippen molar-refractivity contribution in [2.75, 3.05) is 19.7 Å². The Morgan fingerprint density at radius 3 is 2.33 bits per heavy atom. The summed E-state index contributed by atoms with van der Waals surface area (Å²) in [6.07, 6.45) is 0.989. The molecule has 3 heteroatoms. The average Bonchev–Trinajstić information content (AvgIpc) is 2.33. The quantitative estimate of drug-likeness (QED) is 0.670. The number of aliphatic hydroxyl groups excluding tert-OH is 1. The lowest BCUT2D eigenvalue weighted by molar-refractivity contribution is 0.262. The van der Waals surface area contributed by atoms with Crippen LogP contribution in [-0.4, -0.2) is 30.8 Å². The van der Waals surface area contributed by atoms with E-state index in [1.165, 1.54) is 11.1 Å². The molecule has 0 radical (unpaired) electrons. The molecule has 0 aliphatic heterocycles. The highest BCUT2D eigenvalue weighted by atomic mass is 16.3. The van der Waals surface area contributed by atoms with E-state index in [9.17, 15) is 0 Å². The van der Waals surface area contributed by atoms with Gasteiger partial charge in [-0.3, -0.25) is 0 Å². The molecule has 0 fully saturated rings. The van der Waals surface area contributed by atoms with Crippen LogP contribution in [0.1, 0.15) is 31.9 Å². The number of hydrogen-bond acceptors (Lipinski definition) is 3. The number of hydrogen-bond donors (Lipinski definition) is 3. The lowest BCUT2D eigenvalue weighted by Crippen LogP contribution is -2.37. The molecule has 0 spiro atoms. The SMILES string of the molecule is CC(C)(C)c1ccc(CCNCC(N)CO)cc1. The molecule has 0 bridgehead atoms. The maximum Gasteiger partial charge on any atom is 0.0594 e. The van der Waals surface area contributed by atoms with E-state index in [4.69, 9.17) is 10.8 Å². The summed E-state index contributed by atoms with van der Waals surface area (Å²) in [5.74, 6) is 0. The molecule has 1 rings (SSSR count). The normalized spacial score (nSPS) is 13.6. The second kappa shape index (κ2) is 6.88. The van der Waals surface area contributed by atoms with Gasteiger partial charge in [-0.25, -0.2) is 0 Å². The molecule has 1 aromatic rings. The summed E-state index contributed by atoms with van der Waals surface area (Å²) < 4.78 is 0.